The van der Waals surface area contributed by atoms with Crippen LogP contribution in [0, 0.1) is 0 Å². The summed E-state index contributed by atoms with van der Waals surface area (Å²) in [4.78, 5) is 33.4. The van der Waals surface area contributed by atoms with Gasteiger partial charge in [-0.25, -0.2) is 9.59 Å². The summed E-state index contributed by atoms with van der Waals surface area (Å²) in [5.41, 5.74) is 0. The highest BCUT2D eigenvalue weighted by Crippen LogP contribution is 1.91. The molecule has 2 N–H and O–H groups in total. The van der Waals surface area contributed by atoms with Gasteiger partial charge >= 0.3 is 6.03 Å². The fourth-order valence-electron chi connectivity index (χ4n) is 0.550. The molecule has 0 aromatic carbocycles. The predicted molar refractivity (Wildman–Crippen MR) is 28.6 cm³/mol. The Hall–Kier alpha value is -1.68. The standard InChI is InChI=1S/C4H3N3O3/c8-1-5-2-3(9)7-4(10)6-2/h2H,(H2,6,7,9,10). The molecule has 6 heteroatoms. The van der Waals surface area contributed by atoms with Crippen LogP contribution in [0.4, 0.5) is 4.79 Å². The number of nitrogens with one attached hydrogen (secondary N) is 2. The van der Waals surface area contributed by atoms with Crippen LogP contribution in [0.3, 0.4) is 0 Å². The lowest BCUT2D eigenvalue weighted by Crippen LogP contribution is -2.26. The Morgan fingerprint density at radius 2 is 2.20 bits per heavy atom. The molecular formula is C4H3N3O3. The van der Waals surface area contributed by atoms with E-state index in [1.54, 1.807) is 0 Å². The van der Waals surface area contributed by atoms with E-state index in [0.717, 1.165) is 6.08 Å². The van der Waals surface area contributed by atoms with Gasteiger partial charge in [-0.3, -0.25) is 10.1 Å². The highest BCUT2D eigenvalue weighted by atomic mass is 16.2. The maximum absolute atomic E-state index is 10.5. The summed E-state index contributed by atoms with van der Waals surface area (Å²) < 4.78 is 0. The summed E-state index contributed by atoms with van der Waals surface area (Å²) in [7, 11) is 0. The first-order valence-electron chi connectivity index (χ1n) is 2.42. The third-order valence-electron chi connectivity index (χ3n) is 0.935. The quantitative estimate of drug-likeness (QED) is 0.264. The van der Waals surface area contributed by atoms with Gasteiger partial charge in [0.15, 0.2) is 0 Å². The average Bonchev–Trinajstić information content (AvgIpc) is 2.13. The third kappa shape index (κ3) is 1.01. The molecule has 1 atom stereocenters. The third-order valence-corrected chi connectivity index (χ3v) is 0.935. The number of amides is 3. The summed E-state index contributed by atoms with van der Waals surface area (Å²) in [5, 5.41) is 3.97. The predicted octanol–water partition coefficient (Wildman–Crippen LogP) is -1.51. The fourth-order valence-corrected chi connectivity index (χ4v) is 0.550. The van der Waals surface area contributed by atoms with Crippen molar-refractivity contribution in [1.82, 2.24) is 10.6 Å². The summed E-state index contributed by atoms with van der Waals surface area (Å²) in [6.07, 6.45) is 0.0675. The van der Waals surface area contributed by atoms with Crippen molar-refractivity contribution in [3.05, 3.63) is 0 Å². The van der Waals surface area contributed by atoms with E-state index in [-0.39, 0.29) is 0 Å². The Bertz CT molecular complexity index is 230. The normalized spacial score (nSPS) is 23.0. The van der Waals surface area contributed by atoms with Gasteiger partial charge in [0, 0.05) is 0 Å². The van der Waals surface area contributed by atoms with Gasteiger partial charge in [0.1, 0.15) is 0 Å². The summed E-state index contributed by atoms with van der Waals surface area (Å²) >= 11 is 0. The number of isocyanates is 1. The monoisotopic (exact) mass is 141 g/mol. The van der Waals surface area contributed by atoms with Gasteiger partial charge in [-0.2, -0.15) is 4.99 Å². The molecule has 6 nitrogen and oxygen atoms in total. The van der Waals surface area contributed by atoms with Crippen molar-refractivity contribution in [1.29, 1.82) is 0 Å². The molecule has 1 unspecified atom stereocenters. The van der Waals surface area contributed by atoms with Crippen LogP contribution in [0.5, 0.6) is 0 Å². The lowest BCUT2D eigenvalue weighted by Gasteiger charge is -1.92. The van der Waals surface area contributed by atoms with Gasteiger partial charge in [-0.05, 0) is 0 Å². The molecule has 10 heavy (non-hydrogen) atoms. The number of hydrogen-bond donors (Lipinski definition) is 2. The Balaban J connectivity index is 2.72. The molecule has 52 valence electrons. The van der Waals surface area contributed by atoms with Crippen molar-refractivity contribution in [3.8, 4) is 0 Å². The van der Waals surface area contributed by atoms with E-state index >= 15 is 0 Å². The van der Waals surface area contributed by atoms with Gasteiger partial charge < -0.3 is 5.32 Å². The lowest BCUT2D eigenvalue weighted by molar-refractivity contribution is -0.119. The summed E-state index contributed by atoms with van der Waals surface area (Å²) in [6, 6.07) is -0.644. The number of urea groups is 1. The highest BCUT2D eigenvalue weighted by molar-refractivity contribution is 6.04. The molecule has 1 rings (SSSR count). The van der Waals surface area contributed by atoms with Crippen molar-refractivity contribution >= 4 is 18.0 Å². The molecule has 1 fully saturated rings. The maximum atomic E-state index is 10.5. The van der Waals surface area contributed by atoms with E-state index in [9.17, 15) is 14.4 Å². The molecule has 0 aromatic heterocycles. The Labute approximate surface area is 55.3 Å². The largest absolute Gasteiger partial charge is 0.323 e. The second-order valence-electron chi connectivity index (χ2n) is 1.59. The van der Waals surface area contributed by atoms with E-state index in [0.29, 0.717) is 0 Å². The molecule has 0 aromatic rings. The number of carbonyl (C=O) groups is 2. The molecule has 0 aliphatic carbocycles. The zero-order valence-electron chi connectivity index (χ0n) is 4.75. The highest BCUT2D eigenvalue weighted by Gasteiger charge is 2.28. The first-order valence-corrected chi connectivity index (χ1v) is 2.42. The SMILES string of the molecule is O=C=NC1NC(=O)NC1=O. The Morgan fingerprint density at radius 3 is 2.60 bits per heavy atom. The molecule has 0 saturated carbocycles. The van der Waals surface area contributed by atoms with E-state index < -0.39 is 18.1 Å². The summed E-state index contributed by atoms with van der Waals surface area (Å²) in [5.74, 6) is -0.631. The Kier molecular flexibility index (Phi) is 1.47. The van der Waals surface area contributed by atoms with Crippen LogP contribution in [0.2, 0.25) is 0 Å². The van der Waals surface area contributed by atoms with Crippen molar-refractivity contribution in [2.45, 2.75) is 6.17 Å². The molecule has 1 heterocycles. The molecule has 1 saturated heterocycles. The number of imide groups is 1. The van der Waals surface area contributed by atoms with Crippen LogP contribution in [-0.4, -0.2) is 24.2 Å². The molecule has 0 spiro atoms. The Morgan fingerprint density at radius 1 is 1.50 bits per heavy atom. The van der Waals surface area contributed by atoms with Crippen molar-refractivity contribution < 1.29 is 14.4 Å². The zero-order chi connectivity index (χ0) is 7.56. The first kappa shape index (κ1) is 6.44. The van der Waals surface area contributed by atoms with Crippen LogP contribution in [0.25, 0.3) is 0 Å². The molecule has 3 amide bonds. The molecular weight excluding hydrogens is 138 g/mol. The van der Waals surface area contributed by atoms with Gasteiger partial charge in [-0.15, -0.1) is 0 Å². The minimum atomic E-state index is -1.09. The smallest absolute Gasteiger partial charge is 0.307 e. The van der Waals surface area contributed by atoms with Gasteiger partial charge in [-0.1, -0.05) is 0 Å². The van der Waals surface area contributed by atoms with Crippen molar-refractivity contribution in [3.63, 3.8) is 0 Å². The van der Waals surface area contributed by atoms with Crippen molar-refractivity contribution in [2.24, 2.45) is 4.99 Å². The number of rotatable bonds is 1. The minimum Gasteiger partial charge on any atom is -0.307 e. The van der Waals surface area contributed by atoms with Crippen LogP contribution in [-0.2, 0) is 9.59 Å². The topological polar surface area (TPSA) is 87.6 Å². The van der Waals surface area contributed by atoms with Crippen LogP contribution >= 0.6 is 0 Å². The minimum absolute atomic E-state index is 0.631. The van der Waals surface area contributed by atoms with Gasteiger partial charge in [0.25, 0.3) is 5.91 Å². The molecule has 1 aliphatic rings. The van der Waals surface area contributed by atoms with Gasteiger partial charge in [0.05, 0.1) is 0 Å². The maximum Gasteiger partial charge on any atom is 0.323 e. The first-order chi connectivity index (χ1) is 4.74. The van der Waals surface area contributed by atoms with Gasteiger partial charge in [0.2, 0.25) is 12.2 Å². The second kappa shape index (κ2) is 2.28. The van der Waals surface area contributed by atoms with E-state index in [4.69, 9.17) is 0 Å². The molecule has 0 bridgehead atoms. The van der Waals surface area contributed by atoms with E-state index in [1.807, 2.05) is 5.32 Å². The van der Waals surface area contributed by atoms with Crippen LogP contribution in [0.1, 0.15) is 0 Å². The van der Waals surface area contributed by atoms with Crippen LogP contribution in [0.15, 0.2) is 4.99 Å². The average molecular weight is 141 g/mol. The lowest BCUT2D eigenvalue weighted by atomic mass is 10.5. The summed E-state index contributed by atoms with van der Waals surface area (Å²) in [6.45, 7) is 0. The van der Waals surface area contributed by atoms with Crippen molar-refractivity contribution in [2.75, 3.05) is 0 Å². The molecule has 1 aliphatic heterocycles. The molecule has 0 radical (unpaired) electrons. The van der Waals surface area contributed by atoms with E-state index in [1.165, 1.54) is 0 Å². The number of aliphatic imine (C=N–C) groups is 1. The number of hydrogen-bond acceptors (Lipinski definition) is 4. The van der Waals surface area contributed by atoms with E-state index in [2.05, 4.69) is 10.3 Å². The number of carbonyl (C=O) groups excluding carboxylic acids is 3. The second-order valence-corrected chi connectivity index (χ2v) is 1.59. The fraction of sp³-hybridized carbons (Fsp3) is 0.250. The zero-order valence-corrected chi connectivity index (χ0v) is 4.75. The number of nitrogens with zero attached hydrogens (tertiary/aromatic N) is 1. The van der Waals surface area contributed by atoms with Crippen LogP contribution < -0.4 is 10.6 Å².